The molecular formula is C23H24ClFN2O2. The van der Waals surface area contributed by atoms with Crippen LogP contribution < -0.4 is 4.74 Å². The van der Waals surface area contributed by atoms with E-state index in [-0.39, 0.29) is 18.3 Å². The molecule has 3 rings (SSSR count). The van der Waals surface area contributed by atoms with Crippen molar-refractivity contribution in [2.24, 2.45) is 0 Å². The molecule has 152 valence electrons. The molecule has 0 aliphatic carbocycles. The lowest BCUT2D eigenvalue weighted by Gasteiger charge is -2.23. The van der Waals surface area contributed by atoms with E-state index < -0.39 is 0 Å². The minimum Gasteiger partial charge on any atom is -0.484 e. The molecule has 0 unspecified atom stereocenters. The van der Waals surface area contributed by atoms with Crippen LogP contribution in [0.4, 0.5) is 4.39 Å². The molecule has 0 N–H and O–H groups in total. The van der Waals surface area contributed by atoms with Crippen molar-refractivity contribution in [1.82, 2.24) is 9.47 Å². The zero-order valence-corrected chi connectivity index (χ0v) is 17.1. The molecule has 1 amide bonds. The van der Waals surface area contributed by atoms with Crippen LogP contribution in [0.1, 0.15) is 24.6 Å². The molecule has 0 bridgehead atoms. The van der Waals surface area contributed by atoms with Crippen LogP contribution in [0, 0.1) is 5.82 Å². The van der Waals surface area contributed by atoms with E-state index in [4.69, 9.17) is 16.3 Å². The predicted molar refractivity (Wildman–Crippen MR) is 113 cm³/mol. The Morgan fingerprint density at radius 2 is 1.93 bits per heavy atom. The lowest BCUT2D eigenvalue weighted by atomic mass is 10.2. The van der Waals surface area contributed by atoms with E-state index in [1.54, 1.807) is 35.2 Å². The number of rotatable bonds is 9. The highest BCUT2D eigenvalue weighted by Crippen LogP contribution is 2.16. The summed E-state index contributed by atoms with van der Waals surface area (Å²) in [7, 11) is 0. The quantitative estimate of drug-likeness (QED) is 0.485. The summed E-state index contributed by atoms with van der Waals surface area (Å²) in [4.78, 5) is 14.5. The maximum absolute atomic E-state index is 13.5. The first-order chi connectivity index (χ1) is 14.0. The molecule has 2 aromatic carbocycles. The van der Waals surface area contributed by atoms with E-state index in [1.165, 1.54) is 12.1 Å². The highest BCUT2D eigenvalue weighted by atomic mass is 35.5. The Morgan fingerprint density at radius 1 is 1.14 bits per heavy atom. The molecule has 0 fully saturated rings. The van der Waals surface area contributed by atoms with Crippen molar-refractivity contribution in [2.45, 2.75) is 26.4 Å². The van der Waals surface area contributed by atoms with E-state index in [1.807, 2.05) is 35.9 Å². The van der Waals surface area contributed by atoms with Gasteiger partial charge in [0, 0.05) is 30.0 Å². The Kier molecular flexibility index (Phi) is 7.30. The van der Waals surface area contributed by atoms with Crippen LogP contribution in [0.5, 0.6) is 5.75 Å². The van der Waals surface area contributed by atoms with Crippen LogP contribution in [0.2, 0.25) is 5.02 Å². The van der Waals surface area contributed by atoms with Crippen LogP contribution in [0.3, 0.4) is 0 Å². The predicted octanol–water partition coefficient (Wildman–Crippen LogP) is 5.15. The van der Waals surface area contributed by atoms with Crippen LogP contribution in [-0.2, 0) is 17.9 Å². The number of hydrogen-bond acceptors (Lipinski definition) is 2. The van der Waals surface area contributed by atoms with E-state index in [9.17, 15) is 9.18 Å². The maximum atomic E-state index is 13.5. The zero-order valence-electron chi connectivity index (χ0n) is 16.4. The molecule has 3 aromatic rings. The third-order valence-electron chi connectivity index (χ3n) is 4.54. The van der Waals surface area contributed by atoms with Crippen LogP contribution in [-0.4, -0.2) is 28.5 Å². The fourth-order valence-corrected chi connectivity index (χ4v) is 3.23. The van der Waals surface area contributed by atoms with Gasteiger partial charge in [-0.1, -0.05) is 30.7 Å². The Bertz CT molecular complexity index is 940. The number of carbonyl (C=O) groups is 1. The number of ether oxygens (including phenoxy) is 1. The Balaban J connectivity index is 1.64. The number of aromatic nitrogens is 1. The van der Waals surface area contributed by atoms with Crippen molar-refractivity contribution in [1.29, 1.82) is 0 Å². The van der Waals surface area contributed by atoms with Gasteiger partial charge in [-0.25, -0.2) is 4.39 Å². The Hall–Kier alpha value is -2.79. The number of halogens is 2. The zero-order chi connectivity index (χ0) is 20.6. The number of amides is 1. The van der Waals surface area contributed by atoms with Crippen LogP contribution in [0.15, 0.2) is 66.9 Å². The highest BCUT2D eigenvalue weighted by molar-refractivity contribution is 6.30. The van der Waals surface area contributed by atoms with Gasteiger partial charge in [0.05, 0.1) is 6.54 Å². The average Bonchev–Trinajstić information content (AvgIpc) is 3.13. The van der Waals surface area contributed by atoms with Gasteiger partial charge in [-0.05, 0) is 60.5 Å². The van der Waals surface area contributed by atoms with Gasteiger partial charge in [0.2, 0.25) is 0 Å². The van der Waals surface area contributed by atoms with Crippen molar-refractivity contribution in [3.63, 3.8) is 0 Å². The first-order valence-corrected chi connectivity index (χ1v) is 9.97. The Labute approximate surface area is 175 Å². The minimum atomic E-state index is -0.252. The summed E-state index contributed by atoms with van der Waals surface area (Å²) in [6, 6.07) is 17.4. The van der Waals surface area contributed by atoms with E-state index >= 15 is 0 Å². The number of nitrogens with zero attached hydrogens (tertiary/aromatic N) is 2. The molecule has 0 atom stereocenters. The standard InChI is InChI=1S/C23H24ClFN2O2/c1-2-12-27(23(28)17-29-22-10-8-19(24)9-11-22)16-21-7-4-13-26(21)15-18-5-3-6-20(25)14-18/h3-11,13-14H,2,12,15-17H2,1H3. The van der Waals surface area contributed by atoms with Gasteiger partial charge in [0.15, 0.2) is 6.61 Å². The fourth-order valence-electron chi connectivity index (χ4n) is 3.10. The number of hydrogen-bond donors (Lipinski definition) is 0. The Morgan fingerprint density at radius 3 is 2.66 bits per heavy atom. The summed E-state index contributed by atoms with van der Waals surface area (Å²) in [5.74, 6) is 0.271. The molecule has 0 aliphatic heterocycles. The first kappa shape index (κ1) is 20.9. The molecule has 0 saturated heterocycles. The van der Waals surface area contributed by atoms with E-state index in [2.05, 4.69) is 0 Å². The van der Waals surface area contributed by atoms with Gasteiger partial charge in [0.25, 0.3) is 5.91 Å². The molecule has 1 aromatic heterocycles. The summed E-state index contributed by atoms with van der Waals surface area (Å²) >= 11 is 5.87. The lowest BCUT2D eigenvalue weighted by Crippen LogP contribution is -2.35. The van der Waals surface area contributed by atoms with Crippen molar-refractivity contribution in [2.75, 3.05) is 13.2 Å². The molecule has 4 nitrogen and oxygen atoms in total. The normalized spacial score (nSPS) is 10.7. The number of benzene rings is 2. The average molecular weight is 415 g/mol. The second kappa shape index (κ2) is 10.1. The van der Waals surface area contributed by atoms with Crippen LogP contribution in [0.25, 0.3) is 0 Å². The fraction of sp³-hybridized carbons (Fsp3) is 0.261. The topological polar surface area (TPSA) is 34.5 Å². The summed E-state index contributed by atoms with van der Waals surface area (Å²) < 4.78 is 21.1. The SMILES string of the molecule is CCCN(Cc1cccn1Cc1cccc(F)c1)C(=O)COc1ccc(Cl)cc1. The smallest absolute Gasteiger partial charge is 0.260 e. The first-order valence-electron chi connectivity index (χ1n) is 9.59. The van der Waals surface area contributed by atoms with Gasteiger partial charge >= 0.3 is 0 Å². The summed E-state index contributed by atoms with van der Waals surface area (Å²) in [6.45, 7) is 3.65. The lowest BCUT2D eigenvalue weighted by molar-refractivity contribution is -0.134. The minimum absolute atomic E-state index is 0.0355. The van der Waals surface area contributed by atoms with Crippen molar-refractivity contribution in [3.05, 3.63) is 89.0 Å². The van der Waals surface area contributed by atoms with Crippen molar-refractivity contribution < 1.29 is 13.9 Å². The summed E-state index contributed by atoms with van der Waals surface area (Å²) in [5.41, 5.74) is 1.87. The van der Waals surface area contributed by atoms with Gasteiger partial charge in [-0.2, -0.15) is 0 Å². The molecule has 1 heterocycles. The van der Waals surface area contributed by atoms with E-state index in [0.29, 0.717) is 30.4 Å². The van der Waals surface area contributed by atoms with Crippen molar-refractivity contribution >= 4 is 17.5 Å². The second-order valence-electron chi connectivity index (χ2n) is 6.82. The largest absolute Gasteiger partial charge is 0.484 e. The van der Waals surface area contributed by atoms with Gasteiger partial charge in [-0.15, -0.1) is 0 Å². The van der Waals surface area contributed by atoms with Crippen molar-refractivity contribution in [3.8, 4) is 5.75 Å². The molecule has 0 radical (unpaired) electrons. The molecule has 0 saturated carbocycles. The molecular weight excluding hydrogens is 391 g/mol. The van der Waals surface area contributed by atoms with Gasteiger partial charge in [0.1, 0.15) is 11.6 Å². The molecule has 6 heteroatoms. The third kappa shape index (κ3) is 6.09. The number of carbonyl (C=O) groups excluding carboxylic acids is 1. The second-order valence-corrected chi connectivity index (χ2v) is 7.25. The molecule has 0 spiro atoms. The monoisotopic (exact) mass is 414 g/mol. The third-order valence-corrected chi connectivity index (χ3v) is 4.79. The van der Waals surface area contributed by atoms with E-state index in [0.717, 1.165) is 17.7 Å². The summed E-state index contributed by atoms with van der Waals surface area (Å²) in [5, 5.41) is 0.621. The highest BCUT2D eigenvalue weighted by Gasteiger charge is 2.16. The van der Waals surface area contributed by atoms with Crippen LogP contribution >= 0.6 is 11.6 Å². The van der Waals surface area contributed by atoms with Gasteiger partial charge < -0.3 is 14.2 Å². The summed E-state index contributed by atoms with van der Waals surface area (Å²) in [6.07, 6.45) is 2.79. The molecule has 29 heavy (non-hydrogen) atoms. The molecule has 0 aliphatic rings. The maximum Gasteiger partial charge on any atom is 0.260 e. The van der Waals surface area contributed by atoms with Gasteiger partial charge in [-0.3, -0.25) is 4.79 Å².